The van der Waals surface area contributed by atoms with Crippen LogP contribution in [0.15, 0.2) is 18.7 Å². The predicted molar refractivity (Wildman–Crippen MR) is 68.3 cm³/mol. The highest BCUT2D eigenvalue weighted by atomic mass is 79.9. The van der Waals surface area contributed by atoms with E-state index in [1.165, 1.54) is 4.57 Å². The molecule has 1 aromatic heterocycles. The second-order valence-corrected chi connectivity index (χ2v) is 5.39. The SMILES string of the molecule is O=c1[nH]c(=O)n([C@H]2C[C@H](O)[C@@H](CO)O2)c(Br)c1Br. The standard InChI is InChI=1S/C9H10Br2N2O5/c10-6-7(11)13(9(17)12-8(6)16)5-1-3(15)4(2-14)18-5/h3-5,14-15H,1-2H2,(H,12,16,17)/t3-,4+,5+/m0/s1. The third-order valence-electron chi connectivity index (χ3n) is 2.70. The van der Waals surface area contributed by atoms with Gasteiger partial charge in [0.15, 0.2) is 0 Å². The summed E-state index contributed by atoms with van der Waals surface area (Å²) in [6.07, 6.45) is -2.18. The van der Waals surface area contributed by atoms with E-state index in [2.05, 4.69) is 36.8 Å². The first kappa shape index (κ1) is 13.9. The highest BCUT2D eigenvalue weighted by Gasteiger charge is 2.36. The van der Waals surface area contributed by atoms with E-state index >= 15 is 0 Å². The smallest absolute Gasteiger partial charge is 0.331 e. The van der Waals surface area contributed by atoms with Crippen molar-refractivity contribution in [3.8, 4) is 0 Å². The zero-order valence-corrected chi connectivity index (χ0v) is 12.1. The summed E-state index contributed by atoms with van der Waals surface area (Å²) in [7, 11) is 0. The summed E-state index contributed by atoms with van der Waals surface area (Å²) in [4.78, 5) is 25.2. The molecule has 1 aliphatic heterocycles. The maximum absolute atomic E-state index is 11.7. The third kappa shape index (κ3) is 2.32. The fourth-order valence-electron chi connectivity index (χ4n) is 1.80. The summed E-state index contributed by atoms with van der Waals surface area (Å²) in [5, 5.41) is 18.6. The van der Waals surface area contributed by atoms with E-state index in [4.69, 9.17) is 9.84 Å². The van der Waals surface area contributed by atoms with Crippen molar-refractivity contribution in [2.24, 2.45) is 0 Å². The molecule has 7 nitrogen and oxygen atoms in total. The minimum atomic E-state index is -0.857. The van der Waals surface area contributed by atoms with Gasteiger partial charge >= 0.3 is 5.69 Å². The first-order valence-corrected chi connectivity index (χ1v) is 6.68. The van der Waals surface area contributed by atoms with E-state index in [9.17, 15) is 14.7 Å². The molecule has 1 aromatic rings. The molecule has 100 valence electrons. The Balaban J connectivity index is 2.45. The number of aliphatic hydroxyl groups excluding tert-OH is 2. The van der Waals surface area contributed by atoms with Crippen molar-refractivity contribution in [1.29, 1.82) is 0 Å². The number of aliphatic hydroxyl groups is 2. The van der Waals surface area contributed by atoms with Gasteiger partial charge in [-0.05, 0) is 31.9 Å². The van der Waals surface area contributed by atoms with Crippen LogP contribution in [-0.4, -0.2) is 38.6 Å². The molecule has 2 rings (SSSR count). The van der Waals surface area contributed by atoms with Gasteiger partial charge in [-0.15, -0.1) is 0 Å². The molecule has 0 spiro atoms. The Hall–Kier alpha value is -0.480. The van der Waals surface area contributed by atoms with Gasteiger partial charge in [-0.3, -0.25) is 14.3 Å². The molecule has 0 amide bonds. The maximum atomic E-state index is 11.7. The van der Waals surface area contributed by atoms with Crippen LogP contribution in [0.3, 0.4) is 0 Å². The molecule has 3 N–H and O–H groups in total. The number of nitrogens with zero attached hydrogens (tertiary/aromatic N) is 1. The van der Waals surface area contributed by atoms with Crippen molar-refractivity contribution in [2.45, 2.75) is 24.9 Å². The lowest BCUT2D eigenvalue weighted by atomic mass is 10.2. The van der Waals surface area contributed by atoms with Crippen molar-refractivity contribution in [3.05, 3.63) is 29.9 Å². The minimum absolute atomic E-state index is 0.155. The third-order valence-corrected chi connectivity index (χ3v) is 4.75. The number of H-pyrrole nitrogens is 1. The lowest BCUT2D eigenvalue weighted by Crippen LogP contribution is -2.34. The molecule has 0 unspecified atom stereocenters. The lowest BCUT2D eigenvalue weighted by molar-refractivity contribution is -0.0467. The summed E-state index contributed by atoms with van der Waals surface area (Å²) < 4.78 is 6.92. The van der Waals surface area contributed by atoms with E-state index in [0.29, 0.717) is 0 Å². The molecule has 0 bridgehead atoms. The second-order valence-electron chi connectivity index (χ2n) is 3.85. The number of ether oxygens (including phenoxy) is 1. The van der Waals surface area contributed by atoms with Crippen LogP contribution in [-0.2, 0) is 4.74 Å². The van der Waals surface area contributed by atoms with Gasteiger partial charge < -0.3 is 14.9 Å². The molecule has 2 heterocycles. The summed E-state index contributed by atoms with van der Waals surface area (Å²) in [6.45, 7) is -0.339. The van der Waals surface area contributed by atoms with Crippen LogP contribution in [0.25, 0.3) is 0 Å². The van der Waals surface area contributed by atoms with Gasteiger partial charge in [-0.1, -0.05) is 0 Å². The molecule has 1 fully saturated rings. The molecule has 0 aromatic carbocycles. The molecule has 0 aliphatic carbocycles. The fourth-order valence-corrected chi connectivity index (χ4v) is 2.66. The number of nitrogens with one attached hydrogen (secondary N) is 1. The number of aromatic nitrogens is 2. The van der Waals surface area contributed by atoms with Crippen molar-refractivity contribution in [1.82, 2.24) is 9.55 Å². The Labute approximate surface area is 118 Å². The summed E-state index contributed by atoms with van der Waals surface area (Å²) in [6, 6.07) is 0. The number of halogens is 2. The number of aromatic amines is 1. The van der Waals surface area contributed by atoms with Crippen LogP contribution < -0.4 is 11.2 Å². The average Bonchev–Trinajstić information content (AvgIpc) is 2.67. The maximum Gasteiger partial charge on any atom is 0.331 e. The summed E-state index contributed by atoms with van der Waals surface area (Å²) in [5.41, 5.74) is -1.20. The Bertz CT molecular complexity index is 569. The van der Waals surface area contributed by atoms with Gasteiger partial charge in [0, 0.05) is 6.42 Å². The number of hydrogen-bond donors (Lipinski definition) is 3. The topological polar surface area (TPSA) is 105 Å². The fraction of sp³-hybridized carbons (Fsp3) is 0.556. The van der Waals surface area contributed by atoms with Gasteiger partial charge in [0.2, 0.25) is 0 Å². The normalized spacial score (nSPS) is 27.7. The van der Waals surface area contributed by atoms with E-state index < -0.39 is 29.7 Å². The Morgan fingerprint density at radius 1 is 1.44 bits per heavy atom. The minimum Gasteiger partial charge on any atom is -0.394 e. The number of rotatable bonds is 2. The lowest BCUT2D eigenvalue weighted by Gasteiger charge is -2.16. The van der Waals surface area contributed by atoms with E-state index in [0.717, 1.165) is 0 Å². The first-order chi connectivity index (χ1) is 8.45. The van der Waals surface area contributed by atoms with Crippen molar-refractivity contribution in [3.63, 3.8) is 0 Å². The van der Waals surface area contributed by atoms with Gasteiger partial charge in [-0.25, -0.2) is 4.79 Å². The van der Waals surface area contributed by atoms with E-state index in [1.54, 1.807) is 0 Å². The Kier molecular flexibility index (Phi) is 4.07. The molecule has 9 heteroatoms. The predicted octanol–water partition coefficient (Wildman–Crippen LogP) is -0.298. The highest BCUT2D eigenvalue weighted by molar-refractivity contribution is 9.13. The van der Waals surface area contributed by atoms with Crippen molar-refractivity contribution >= 4 is 31.9 Å². The largest absolute Gasteiger partial charge is 0.394 e. The summed E-state index contributed by atoms with van der Waals surface area (Å²) in [5.74, 6) is 0. The zero-order valence-electron chi connectivity index (χ0n) is 8.97. The van der Waals surface area contributed by atoms with Gasteiger partial charge in [0.1, 0.15) is 21.4 Å². The molecule has 3 atom stereocenters. The van der Waals surface area contributed by atoms with Crippen LogP contribution in [0.2, 0.25) is 0 Å². The van der Waals surface area contributed by atoms with Crippen LogP contribution >= 0.6 is 31.9 Å². The van der Waals surface area contributed by atoms with Crippen LogP contribution in [0, 0.1) is 0 Å². The highest BCUT2D eigenvalue weighted by Crippen LogP contribution is 2.30. The zero-order chi connectivity index (χ0) is 13.4. The van der Waals surface area contributed by atoms with Crippen LogP contribution in [0.4, 0.5) is 0 Å². The second kappa shape index (κ2) is 5.25. The Morgan fingerprint density at radius 2 is 2.11 bits per heavy atom. The summed E-state index contributed by atoms with van der Waals surface area (Å²) >= 11 is 6.17. The van der Waals surface area contributed by atoms with Crippen LogP contribution in [0.5, 0.6) is 0 Å². The molecular weight excluding hydrogens is 376 g/mol. The van der Waals surface area contributed by atoms with E-state index in [1.807, 2.05) is 0 Å². The molecule has 0 saturated carbocycles. The quantitative estimate of drug-likeness (QED) is 0.606. The van der Waals surface area contributed by atoms with E-state index in [-0.39, 0.29) is 22.1 Å². The first-order valence-electron chi connectivity index (χ1n) is 5.10. The molecule has 1 saturated heterocycles. The monoisotopic (exact) mass is 384 g/mol. The van der Waals surface area contributed by atoms with Gasteiger partial charge in [-0.2, -0.15) is 0 Å². The molecular formula is C9H10Br2N2O5. The van der Waals surface area contributed by atoms with Gasteiger partial charge in [0.05, 0.1) is 12.7 Å². The van der Waals surface area contributed by atoms with Crippen LogP contribution in [0.1, 0.15) is 12.6 Å². The molecule has 1 aliphatic rings. The van der Waals surface area contributed by atoms with Crippen molar-refractivity contribution < 1.29 is 14.9 Å². The number of hydrogen-bond acceptors (Lipinski definition) is 5. The average molecular weight is 386 g/mol. The van der Waals surface area contributed by atoms with Gasteiger partial charge in [0.25, 0.3) is 5.56 Å². The molecule has 0 radical (unpaired) electrons. The van der Waals surface area contributed by atoms with Crippen molar-refractivity contribution in [2.75, 3.05) is 6.61 Å². The molecule has 18 heavy (non-hydrogen) atoms. The Morgan fingerprint density at radius 3 is 2.67 bits per heavy atom.